The molecule has 2 heterocycles. The summed E-state index contributed by atoms with van der Waals surface area (Å²) < 4.78 is 81.7. The summed E-state index contributed by atoms with van der Waals surface area (Å²) >= 11 is 0. The number of nitrogens with zero attached hydrogens (tertiary/aromatic N) is 2. The van der Waals surface area contributed by atoms with Crippen LogP contribution in [-0.4, -0.2) is 56.8 Å². The number of benzene rings is 1. The highest BCUT2D eigenvalue weighted by Gasteiger charge is 2.43. The summed E-state index contributed by atoms with van der Waals surface area (Å²) in [5.74, 6) is -2.97. The summed E-state index contributed by atoms with van der Waals surface area (Å²) in [5, 5.41) is 16.4. The molecule has 0 aliphatic carbocycles. The van der Waals surface area contributed by atoms with E-state index in [0.29, 0.717) is 17.6 Å². The molecule has 3 N–H and O–H groups in total. The Kier molecular flexibility index (Phi) is 8.54. The predicted octanol–water partition coefficient (Wildman–Crippen LogP) is 4.32. The van der Waals surface area contributed by atoms with Crippen LogP contribution in [0.2, 0.25) is 0 Å². The predicted molar refractivity (Wildman–Crippen MR) is 144 cm³/mol. The normalized spacial score (nSPS) is 15.8. The van der Waals surface area contributed by atoms with Crippen LogP contribution in [0, 0.1) is 12.3 Å². The molecule has 0 saturated carbocycles. The van der Waals surface area contributed by atoms with Gasteiger partial charge in [0.25, 0.3) is 15.9 Å². The molecule has 0 fully saturated rings. The third kappa shape index (κ3) is 6.50. The monoisotopic (exact) mass is 600 g/mol. The number of rotatable bonds is 7. The van der Waals surface area contributed by atoms with E-state index in [0.717, 1.165) is 11.0 Å². The minimum absolute atomic E-state index is 0.197. The second-order valence-corrected chi connectivity index (χ2v) is 12.0. The largest absolute Gasteiger partial charge is 0.505 e. The molecular weight excluding hydrogens is 569 g/mol. The van der Waals surface area contributed by atoms with Gasteiger partial charge >= 0.3 is 12.1 Å². The fourth-order valence-electron chi connectivity index (χ4n) is 4.03. The van der Waals surface area contributed by atoms with Gasteiger partial charge in [0.1, 0.15) is 17.2 Å². The summed E-state index contributed by atoms with van der Waals surface area (Å²) in [6.45, 7) is 8.45. The van der Waals surface area contributed by atoms with Crippen molar-refractivity contribution in [3.05, 3.63) is 57.5 Å². The Hall–Kier alpha value is -4.01. The fourth-order valence-corrected chi connectivity index (χ4v) is 5.18. The average Bonchev–Trinajstić information content (AvgIpc) is 3.35. The van der Waals surface area contributed by atoms with Gasteiger partial charge in [0, 0.05) is 14.1 Å². The van der Waals surface area contributed by atoms with Crippen molar-refractivity contribution in [1.29, 1.82) is 0 Å². The molecular formula is C26H31F3N4O7S. The first-order valence-electron chi connectivity index (χ1n) is 12.3. The number of esters is 1. The number of alkyl halides is 3. The summed E-state index contributed by atoms with van der Waals surface area (Å²) in [4.78, 5) is 25.4. The molecule has 1 aliphatic heterocycles. The second kappa shape index (κ2) is 11.1. The number of halogens is 3. The molecule has 0 bridgehead atoms. The number of nitrogens with one attached hydrogen (secondary N) is 2. The van der Waals surface area contributed by atoms with Crippen molar-refractivity contribution in [3.8, 4) is 5.75 Å². The number of amidine groups is 1. The van der Waals surface area contributed by atoms with Gasteiger partial charge in [-0.3, -0.25) is 4.79 Å². The first-order valence-corrected chi connectivity index (χ1v) is 13.7. The average molecular weight is 601 g/mol. The van der Waals surface area contributed by atoms with Crippen LogP contribution in [0.5, 0.6) is 5.75 Å². The maximum atomic E-state index is 13.7. The zero-order chi connectivity index (χ0) is 31.1. The molecule has 0 radical (unpaired) electrons. The Morgan fingerprint density at radius 3 is 2.27 bits per heavy atom. The van der Waals surface area contributed by atoms with Crippen molar-refractivity contribution in [1.82, 2.24) is 10.2 Å². The molecule has 0 unspecified atom stereocenters. The van der Waals surface area contributed by atoms with Gasteiger partial charge in [-0.15, -0.1) is 4.40 Å². The van der Waals surface area contributed by atoms with Gasteiger partial charge in [0.15, 0.2) is 11.6 Å². The lowest BCUT2D eigenvalue weighted by molar-refractivity contribution is -0.138. The zero-order valence-corrected chi connectivity index (χ0v) is 24.2. The van der Waals surface area contributed by atoms with Crippen LogP contribution in [0.4, 0.5) is 18.9 Å². The molecule has 1 atom stereocenters. The smallest absolute Gasteiger partial charge is 0.417 e. The maximum Gasteiger partial charge on any atom is 0.417 e. The lowest BCUT2D eigenvalue weighted by Gasteiger charge is -2.31. The fraction of sp³-hybridized carbons (Fsp3) is 0.423. The molecule has 1 aromatic heterocycles. The van der Waals surface area contributed by atoms with Crippen LogP contribution < -0.4 is 10.6 Å². The molecule has 15 heteroatoms. The molecule has 0 spiro atoms. The number of aryl methyl sites for hydroxylation is 1. The van der Waals surface area contributed by atoms with Gasteiger partial charge in [-0.1, -0.05) is 20.8 Å². The summed E-state index contributed by atoms with van der Waals surface area (Å²) in [5.41, 5.74) is -4.09. The van der Waals surface area contributed by atoms with Crippen LogP contribution >= 0.6 is 0 Å². The maximum absolute atomic E-state index is 13.7. The summed E-state index contributed by atoms with van der Waals surface area (Å²) in [7, 11) is -2.28. The molecule has 11 nitrogen and oxygen atoms in total. The number of carbonyl (C=O) groups is 2. The molecule has 224 valence electrons. The van der Waals surface area contributed by atoms with Crippen LogP contribution in [0.3, 0.4) is 0 Å². The minimum Gasteiger partial charge on any atom is -0.505 e. The number of aromatic hydroxyl groups is 1. The van der Waals surface area contributed by atoms with Gasteiger partial charge in [-0.05, 0) is 43.5 Å². The molecule has 3 rings (SSSR count). The third-order valence-corrected chi connectivity index (χ3v) is 7.26. The third-order valence-electron chi connectivity index (χ3n) is 5.95. The van der Waals surface area contributed by atoms with E-state index in [2.05, 4.69) is 15.0 Å². The number of hydrogen-bond donors (Lipinski definition) is 3. The lowest BCUT2D eigenvalue weighted by atomic mass is 9.85. The SMILES string of the molecule is CCOC(=O)C1=C(Nc2ccc(C(F)(F)F)c(C(=O)N(C)C)c2O)C(N[C@@H](c2ccc(C)o2)C(C)(C)C)=NS1(=O)=O. The number of phenols is 1. The zero-order valence-electron chi connectivity index (χ0n) is 23.4. The van der Waals surface area contributed by atoms with E-state index in [9.17, 15) is 36.3 Å². The van der Waals surface area contributed by atoms with E-state index < -0.39 is 72.7 Å². The van der Waals surface area contributed by atoms with Crippen LogP contribution in [0.1, 0.15) is 61.2 Å². The Bertz CT molecular complexity index is 1530. The number of sulfonamides is 1. The lowest BCUT2D eigenvalue weighted by Crippen LogP contribution is -2.38. The second-order valence-electron chi connectivity index (χ2n) is 10.4. The van der Waals surface area contributed by atoms with Gasteiger partial charge in [-0.25, -0.2) is 4.79 Å². The van der Waals surface area contributed by atoms with Gasteiger partial charge in [0.2, 0.25) is 4.91 Å². The minimum atomic E-state index is -5.00. The Balaban J connectivity index is 2.23. The van der Waals surface area contributed by atoms with E-state index in [1.165, 1.54) is 21.0 Å². The van der Waals surface area contributed by atoms with Crippen molar-refractivity contribution in [2.24, 2.45) is 9.81 Å². The summed E-state index contributed by atoms with van der Waals surface area (Å²) in [6, 6.07) is 4.02. The van der Waals surface area contributed by atoms with Gasteiger partial charge in [0.05, 0.1) is 29.5 Å². The number of anilines is 1. The molecule has 41 heavy (non-hydrogen) atoms. The number of hydrogen-bond acceptors (Lipinski definition) is 9. The molecule has 2 aromatic rings. The van der Waals surface area contributed by atoms with Crippen molar-refractivity contribution < 1.29 is 45.4 Å². The Labute approximate surface area is 235 Å². The molecule has 1 aliphatic rings. The van der Waals surface area contributed by atoms with E-state index in [1.54, 1.807) is 19.1 Å². The molecule has 0 saturated heterocycles. The molecule has 1 aromatic carbocycles. The van der Waals surface area contributed by atoms with E-state index in [-0.39, 0.29) is 12.4 Å². The van der Waals surface area contributed by atoms with E-state index >= 15 is 0 Å². The van der Waals surface area contributed by atoms with Gasteiger partial charge in [-0.2, -0.15) is 21.6 Å². The van der Waals surface area contributed by atoms with Crippen LogP contribution in [0.25, 0.3) is 0 Å². The highest BCUT2D eigenvalue weighted by molar-refractivity contribution is 7.95. The van der Waals surface area contributed by atoms with Gasteiger partial charge < -0.3 is 29.8 Å². The topological polar surface area (TPSA) is 151 Å². The number of phenolic OH excluding ortho intramolecular Hbond substituents is 1. The number of amides is 1. The quantitative estimate of drug-likeness (QED) is 0.312. The first kappa shape index (κ1) is 31.5. The first-order chi connectivity index (χ1) is 18.8. The number of ether oxygens (including phenoxy) is 1. The van der Waals surface area contributed by atoms with Crippen molar-refractivity contribution in [2.75, 3.05) is 26.0 Å². The van der Waals surface area contributed by atoms with Crippen molar-refractivity contribution in [3.63, 3.8) is 0 Å². The standard InChI is InChI=1S/C26H31F3N4O7S/c1-8-39-24(36)20-18(30-15-11-10-14(26(27,28)29)17(19(15)34)23(35)33(6)7)22(32-41(20,37)38)31-21(25(3,4)5)16-12-9-13(2)40-16/h9-12,21,30,34H,8H2,1-7H3,(H,31,32)/t21-/m0/s1. The van der Waals surface area contributed by atoms with Crippen molar-refractivity contribution in [2.45, 2.75) is 46.8 Å². The summed E-state index contributed by atoms with van der Waals surface area (Å²) in [6.07, 6.45) is -5.00. The highest BCUT2D eigenvalue weighted by atomic mass is 32.2. The van der Waals surface area contributed by atoms with Crippen LogP contribution in [0.15, 0.2) is 43.7 Å². The molecule has 1 amide bonds. The Morgan fingerprint density at radius 2 is 1.78 bits per heavy atom. The number of carbonyl (C=O) groups excluding carboxylic acids is 2. The van der Waals surface area contributed by atoms with Crippen molar-refractivity contribution >= 4 is 33.4 Å². The number of furan rings is 1. The van der Waals surface area contributed by atoms with E-state index in [1.807, 2.05) is 20.8 Å². The van der Waals surface area contributed by atoms with Crippen LogP contribution in [-0.2, 0) is 25.7 Å². The van der Waals surface area contributed by atoms with E-state index in [4.69, 9.17) is 9.15 Å². The highest BCUT2D eigenvalue weighted by Crippen LogP contribution is 2.41. The Morgan fingerprint density at radius 1 is 1.15 bits per heavy atom.